The topological polar surface area (TPSA) is 26.3 Å². The Kier molecular flexibility index (Phi) is 9.24. The van der Waals surface area contributed by atoms with Crippen LogP contribution in [0.15, 0.2) is 12.7 Å². The van der Waals surface area contributed by atoms with Crippen LogP contribution in [0, 0.1) is 5.92 Å². The Labute approximate surface area is 93.7 Å². The number of allylic oxidation sites excluding steroid dienone is 1. The Balaban J connectivity index is 3.59. The number of hydrogen-bond acceptors (Lipinski definition) is 2. The van der Waals surface area contributed by atoms with Crippen LogP contribution in [0.5, 0.6) is 0 Å². The Hall–Kier alpha value is -0.790. The number of rotatable bonds is 9. The lowest BCUT2D eigenvalue weighted by atomic mass is 10.0. The Morgan fingerprint density at radius 1 is 1.47 bits per heavy atom. The molecule has 0 rings (SSSR count). The average molecular weight is 212 g/mol. The van der Waals surface area contributed by atoms with Gasteiger partial charge in [0.15, 0.2) is 0 Å². The molecule has 0 N–H and O–H groups in total. The van der Waals surface area contributed by atoms with Crippen LogP contribution >= 0.6 is 0 Å². The van der Waals surface area contributed by atoms with E-state index in [2.05, 4.69) is 20.4 Å². The van der Waals surface area contributed by atoms with Crippen molar-refractivity contribution in [1.29, 1.82) is 0 Å². The molecule has 0 aliphatic rings. The van der Waals surface area contributed by atoms with Crippen molar-refractivity contribution >= 4 is 5.97 Å². The quantitative estimate of drug-likeness (QED) is 0.430. The fourth-order valence-corrected chi connectivity index (χ4v) is 1.40. The predicted octanol–water partition coefficient (Wildman–Crippen LogP) is 3.71. The molecule has 2 heteroatoms. The molecule has 88 valence electrons. The van der Waals surface area contributed by atoms with Gasteiger partial charge in [-0.3, -0.25) is 4.79 Å². The summed E-state index contributed by atoms with van der Waals surface area (Å²) in [7, 11) is 0. The van der Waals surface area contributed by atoms with Gasteiger partial charge in [-0.25, -0.2) is 0 Å². The molecule has 0 radical (unpaired) electrons. The Morgan fingerprint density at radius 3 is 2.73 bits per heavy atom. The largest absolute Gasteiger partial charge is 0.465 e. The van der Waals surface area contributed by atoms with E-state index in [1.807, 2.05) is 0 Å². The average Bonchev–Trinajstić information content (AvgIpc) is 2.26. The van der Waals surface area contributed by atoms with Crippen LogP contribution < -0.4 is 0 Å². The number of hydrogen-bond donors (Lipinski definition) is 0. The molecule has 15 heavy (non-hydrogen) atoms. The highest BCUT2D eigenvalue weighted by atomic mass is 16.5. The van der Waals surface area contributed by atoms with Crippen LogP contribution in [0.4, 0.5) is 0 Å². The van der Waals surface area contributed by atoms with Crippen molar-refractivity contribution in [3.8, 4) is 0 Å². The maximum Gasteiger partial charge on any atom is 0.306 e. The summed E-state index contributed by atoms with van der Waals surface area (Å²) >= 11 is 0. The Morgan fingerprint density at radius 2 is 2.20 bits per heavy atom. The summed E-state index contributed by atoms with van der Waals surface area (Å²) in [4.78, 5) is 11.2. The Bertz CT molecular complexity index is 175. The molecular formula is C13H24O2. The van der Waals surface area contributed by atoms with Crippen LogP contribution in [0.25, 0.3) is 0 Å². The second-order valence-electron chi connectivity index (χ2n) is 3.93. The van der Waals surface area contributed by atoms with Crippen molar-refractivity contribution in [2.45, 2.75) is 52.4 Å². The van der Waals surface area contributed by atoms with Gasteiger partial charge in [0, 0.05) is 6.42 Å². The molecule has 0 aromatic heterocycles. The van der Waals surface area contributed by atoms with Gasteiger partial charge in [-0.1, -0.05) is 39.2 Å². The molecule has 0 saturated heterocycles. The molecule has 1 atom stereocenters. The van der Waals surface area contributed by atoms with Gasteiger partial charge < -0.3 is 4.74 Å². The molecule has 0 bridgehead atoms. The summed E-state index contributed by atoms with van der Waals surface area (Å²) in [5.41, 5.74) is 0. The van der Waals surface area contributed by atoms with E-state index in [-0.39, 0.29) is 5.97 Å². The molecule has 0 saturated carbocycles. The van der Waals surface area contributed by atoms with Gasteiger partial charge in [0.1, 0.15) is 0 Å². The van der Waals surface area contributed by atoms with Gasteiger partial charge in [-0.15, -0.1) is 6.58 Å². The van der Waals surface area contributed by atoms with Crippen LogP contribution in [0.1, 0.15) is 52.4 Å². The van der Waals surface area contributed by atoms with E-state index in [9.17, 15) is 4.79 Å². The van der Waals surface area contributed by atoms with E-state index >= 15 is 0 Å². The highest BCUT2D eigenvalue weighted by Crippen LogP contribution is 2.13. The minimum Gasteiger partial charge on any atom is -0.465 e. The lowest BCUT2D eigenvalue weighted by Crippen LogP contribution is -2.13. The summed E-state index contributed by atoms with van der Waals surface area (Å²) in [5.74, 6) is 0.447. The smallest absolute Gasteiger partial charge is 0.306 e. The SMILES string of the molecule is C=CCCC(=O)OCC(CC)CCCC. The van der Waals surface area contributed by atoms with Gasteiger partial charge in [0.2, 0.25) is 0 Å². The lowest BCUT2D eigenvalue weighted by molar-refractivity contribution is -0.145. The second-order valence-corrected chi connectivity index (χ2v) is 3.93. The molecule has 0 aliphatic carbocycles. The predicted molar refractivity (Wildman–Crippen MR) is 63.7 cm³/mol. The first-order chi connectivity index (χ1) is 7.24. The summed E-state index contributed by atoms with van der Waals surface area (Å²) in [5, 5.41) is 0. The van der Waals surface area contributed by atoms with Gasteiger partial charge in [-0.2, -0.15) is 0 Å². The van der Waals surface area contributed by atoms with Gasteiger partial charge in [-0.05, 0) is 18.8 Å². The first kappa shape index (κ1) is 14.2. The lowest BCUT2D eigenvalue weighted by Gasteiger charge is -2.14. The third kappa shape index (κ3) is 8.22. The molecule has 0 aromatic rings. The van der Waals surface area contributed by atoms with Crippen molar-refractivity contribution in [3.63, 3.8) is 0 Å². The van der Waals surface area contributed by atoms with E-state index in [1.165, 1.54) is 19.3 Å². The monoisotopic (exact) mass is 212 g/mol. The maximum atomic E-state index is 11.2. The molecule has 0 spiro atoms. The summed E-state index contributed by atoms with van der Waals surface area (Å²) in [6.45, 7) is 8.50. The number of carbonyl (C=O) groups excluding carboxylic acids is 1. The van der Waals surface area contributed by atoms with Crippen molar-refractivity contribution in [2.75, 3.05) is 6.61 Å². The zero-order chi connectivity index (χ0) is 11.5. The second kappa shape index (κ2) is 9.75. The van der Waals surface area contributed by atoms with Crippen molar-refractivity contribution in [3.05, 3.63) is 12.7 Å². The highest BCUT2D eigenvalue weighted by Gasteiger charge is 2.09. The first-order valence-corrected chi connectivity index (χ1v) is 6.01. The maximum absolute atomic E-state index is 11.2. The van der Waals surface area contributed by atoms with E-state index in [0.29, 0.717) is 25.4 Å². The molecule has 0 aliphatic heterocycles. The van der Waals surface area contributed by atoms with Crippen LogP contribution in [0.2, 0.25) is 0 Å². The fourth-order valence-electron chi connectivity index (χ4n) is 1.40. The molecule has 0 aromatic carbocycles. The molecule has 0 amide bonds. The van der Waals surface area contributed by atoms with Crippen molar-refractivity contribution < 1.29 is 9.53 Å². The van der Waals surface area contributed by atoms with E-state index in [1.54, 1.807) is 6.08 Å². The van der Waals surface area contributed by atoms with E-state index in [4.69, 9.17) is 4.74 Å². The van der Waals surface area contributed by atoms with Gasteiger partial charge in [0.05, 0.1) is 6.61 Å². The highest BCUT2D eigenvalue weighted by molar-refractivity contribution is 5.69. The third-order valence-electron chi connectivity index (χ3n) is 2.58. The first-order valence-electron chi connectivity index (χ1n) is 6.01. The number of unbranched alkanes of at least 4 members (excludes halogenated alkanes) is 1. The summed E-state index contributed by atoms with van der Waals surface area (Å²) in [6, 6.07) is 0. The molecular weight excluding hydrogens is 188 g/mol. The van der Waals surface area contributed by atoms with Gasteiger partial charge in [0.25, 0.3) is 0 Å². The van der Waals surface area contributed by atoms with E-state index in [0.717, 1.165) is 6.42 Å². The minimum atomic E-state index is -0.0927. The molecule has 2 nitrogen and oxygen atoms in total. The standard InChI is InChI=1S/C13H24O2/c1-4-7-9-12(6-3)11-15-13(14)10-8-5-2/h5,12H,2,4,6-11H2,1,3H3. The summed E-state index contributed by atoms with van der Waals surface area (Å²) < 4.78 is 5.21. The zero-order valence-corrected chi connectivity index (χ0v) is 10.1. The van der Waals surface area contributed by atoms with E-state index < -0.39 is 0 Å². The molecule has 0 heterocycles. The fraction of sp³-hybridized carbons (Fsp3) is 0.769. The number of ether oxygens (including phenoxy) is 1. The van der Waals surface area contributed by atoms with Crippen LogP contribution in [-0.4, -0.2) is 12.6 Å². The normalized spacial score (nSPS) is 12.1. The number of esters is 1. The van der Waals surface area contributed by atoms with Crippen LogP contribution in [-0.2, 0) is 9.53 Å². The molecule has 1 unspecified atom stereocenters. The minimum absolute atomic E-state index is 0.0927. The molecule has 0 fully saturated rings. The van der Waals surface area contributed by atoms with Crippen LogP contribution in [0.3, 0.4) is 0 Å². The van der Waals surface area contributed by atoms with Crippen molar-refractivity contribution in [2.24, 2.45) is 5.92 Å². The third-order valence-corrected chi connectivity index (χ3v) is 2.58. The zero-order valence-electron chi connectivity index (χ0n) is 10.1. The van der Waals surface area contributed by atoms with Gasteiger partial charge >= 0.3 is 5.97 Å². The van der Waals surface area contributed by atoms with Crippen molar-refractivity contribution in [1.82, 2.24) is 0 Å². The number of carbonyl (C=O) groups is 1. The summed E-state index contributed by atoms with van der Waals surface area (Å²) in [6.07, 6.45) is 7.62.